The second-order valence-electron chi connectivity index (χ2n) is 3.68. The first-order valence-corrected chi connectivity index (χ1v) is 5.26. The summed E-state index contributed by atoms with van der Waals surface area (Å²) in [7, 11) is 0. The molecule has 1 amide bonds. The number of rotatable bonds is 3. The van der Waals surface area contributed by atoms with Crippen molar-refractivity contribution in [3.63, 3.8) is 0 Å². The Kier molecular flexibility index (Phi) is 2.96. The Morgan fingerprint density at radius 2 is 2.38 bits per heavy atom. The standard InChI is InChI=1S/C11H15N3O2/c1-7-11(15)14-9-6-8(13-5-4-12)2-3-10(9)16-7/h2-3,6-7,13H,4-5,12H2,1H3,(H,14,15). The topological polar surface area (TPSA) is 76.4 Å². The number of carbonyl (C=O) groups excluding carboxylic acids is 1. The van der Waals surface area contributed by atoms with Crippen LogP contribution in [-0.2, 0) is 4.79 Å². The summed E-state index contributed by atoms with van der Waals surface area (Å²) in [4.78, 5) is 11.4. The number of fused-ring (bicyclic) bond motifs is 1. The van der Waals surface area contributed by atoms with Gasteiger partial charge in [0.2, 0.25) is 0 Å². The van der Waals surface area contributed by atoms with Crippen molar-refractivity contribution in [2.45, 2.75) is 13.0 Å². The van der Waals surface area contributed by atoms with E-state index in [1.54, 1.807) is 6.92 Å². The summed E-state index contributed by atoms with van der Waals surface area (Å²) in [5.74, 6) is 0.578. The van der Waals surface area contributed by atoms with Crippen molar-refractivity contribution in [3.05, 3.63) is 18.2 Å². The zero-order valence-corrected chi connectivity index (χ0v) is 9.12. The highest BCUT2D eigenvalue weighted by Gasteiger charge is 2.23. The fourth-order valence-corrected chi connectivity index (χ4v) is 1.54. The fraction of sp³-hybridized carbons (Fsp3) is 0.364. The summed E-state index contributed by atoms with van der Waals surface area (Å²) in [6.45, 7) is 2.99. The molecule has 1 aromatic carbocycles. The SMILES string of the molecule is CC1Oc2ccc(NCCN)cc2NC1=O. The summed E-state index contributed by atoms with van der Waals surface area (Å²) in [6, 6.07) is 5.58. The lowest BCUT2D eigenvalue weighted by molar-refractivity contribution is -0.122. The number of hydrogen-bond acceptors (Lipinski definition) is 4. The lowest BCUT2D eigenvalue weighted by atomic mass is 10.2. The van der Waals surface area contributed by atoms with Crippen LogP contribution in [-0.4, -0.2) is 25.1 Å². The van der Waals surface area contributed by atoms with E-state index in [4.69, 9.17) is 10.5 Å². The largest absolute Gasteiger partial charge is 0.479 e. The third-order valence-electron chi connectivity index (χ3n) is 2.38. The zero-order chi connectivity index (χ0) is 11.5. The van der Waals surface area contributed by atoms with E-state index in [1.165, 1.54) is 0 Å². The Labute approximate surface area is 94.0 Å². The van der Waals surface area contributed by atoms with Gasteiger partial charge in [-0.15, -0.1) is 0 Å². The number of nitrogens with one attached hydrogen (secondary N) is 2. The highest BCUT2D eigenvalue weighted by molar-refractivity contribution is 5.98. The second-order valence-corrected chi connectivity index (χ2v) is 3.68. The van der Waals surface area contributed by atoms with Crippen molar-refractivity contribution in [3.8, 4) is 5.75 Å². The van der Waals surface area contributed by atoms with Crippen LogP contribution < -0.4 is 21.1 Å². The fourth-order valence-electron chi connectivity index (χ4n) is 1.54. The second kappa shape index (κ2) is 4.40. The van der Waals surface area contributed by atoms with Crippen LogP contribution in [0, 0.1) is 0 Å². The molecule has 1 heterocycles. The third kappa shape index (κ3) is 2.09. The van der Waals surface area contributed by atoms with E-state index in [1.807, 2.05) is 18.2 Å². The maximum Gasteiger partial charge on any atom is 0.265 e. The van der Waals surface area contributed by atoms with Gasteiger partial charge < -0.3 is 21.1 Å². The zero-order valence-electron chi connectivity index (χ0n) is 9.12. The number of hydrogen-bond donors (Lipinski definition) is 3. The molecule has 0 fully saturated rings. The van der Waals surface area contributed by atoms with E-state index < -0.39 is 6.10 Å². The highest BCUT2D eigenvalue weighted by atomic mass is 16.5. The lowest BCUT2D eigenvalue weighted by Crippen LogP contribution is -2.34. The maximum absolute atomic E-state index is 11.4. The first kappa shape index (κ1) is 10.8. The quantitative estimate of drug-likeness (QED) is 0.705. The van der Waals surface area contributed by atoms with Gasteiger partial charge >= 0.3 is 0 Å². The average Bonchev–Trinajstić information content (AvgIpc) is 2.28. The summed E-state index contributed by atoms with van der Waals surface area (Å²) < 4.78 is 5.44. The van der Waals surface area contributed by atoms with Crippen molar-refractivity contribution in [2.24, 2.45) is 5.73 Å². The molecule has 0 bridgehead atoms. The molecular weight excluding hydrogens is 206 g/mol. The van der Waals surface area contributed by atoms with E-state index in [9.17, 15) is 4.79 Å². The van der Waals surface area contributed by atoms with E-state index in [0.29, 0.717) is 24.5 Å². The van der Waals surface area contributed by atoms with Gasteiger partial charge in [-0.05, 0) is 25.1 Å². The molecule has 5 nitrogen and oxygen atoms in total. The summed E-state index contributed by atoms with van der Waals surface area (Å²) >= 11 is 0. The number of amides is 1. The molecule has 0 saturated carbocycles. The van der Waals surface area contributed by atoms with Gasteiger partial charge in [0.05, 0.1) is 5.69 Å². The van der Waals surface area contributed by atoms with Gasteiger partial charge in [-0.1, -0.05) is 0 Å². The van der Waals surface area contributed by atoms with E-state index in [-0.39, 0.29) is 5.91 Å². The number of anilines is 2. The number of carbonyl (C=O) groups is 1. The van der Waals surface area contributed by atoms with Gasteiger partial charge in [0, 0.05) is 18.8 Å². The summed E-state index contributed by atoms with van der Waals surface area (Å²) in [5, 5.41) is 5.93. The molecule has 0 saturated heterocycles. The highest BCUT2D eigenvalue weighted by Crippen LogP contribution is 2.31. The van der Waals surface area contributed by atoms with Crippen molar-refractivity contribution >= 4 is 17.3 Å². The van der Waals surface area contributed by atoms with Crippen LogP contribution in [0.5, 0.6) is 5.75 Å². The Morgan fingerprint density at radius 3 is 3.12 bits per heavy atom. The van der Waals surface area contributed by atoms with Crippen LogP contribution in [0.3, 0.4) is 0 Å². The minimum absolute atomic E-state index is 0.122. The van der Waals surface area contributed by atoms with Crippen LogP contribution in [0.25, 0.3) is 0 Å². The smallest absolute Gasteiger partial charge is 0.265 e. The van der Waals surface area contributed by atoms with E-state index in [2.05, 4.69) is 10.6 Å². The number of benzene rings is 1. The van der Waals surface area contributed by atoms with Crippen molar-refractivity contribution in [2.75, 3.05) is 23.7 Å². The van der Waals surface area contributed by atoms with E-state index >= 15 is 0 Å². The molecule has 1 aliphatic rings. The van der Waals surface area contributed by atoms with Gasteiger partial charge in [0.25, 0.3) is 5.91 Å². The predicted molar refractivity (Wildman–Crippen MR) is 62.7 cm³/mol. The molecule has 5 heteroatoms. The Hall–Kier alpha value is -1.75. The van der Waals surface area contributed by atoms with Crippen molar-refractivity contribution in [1.29, 1.82) is 0 Å². The molecule has 0 aliphatic carbocycles. The number of ether oxygens (including phenoxy) is 1. The average molecular weight is 221 g/mol. The molecule has 1 atom stereocenters. The molecule has 4 N–H and O–H groups in total. The number of nitrogens with two attached hydrogens (primary N) is 1. The molecule has 16 heavy (non-hydrogen) atoms. The monoisotopic (exact) mass is 221 g/mol. The molecule has 86 valence electrons. The molecule has 0 radical (unpaired) electrons. The summed E-state index contributed by atoms with van der Waals surface area (Å²) in [5.41, 5.74) is 7.02. The Bertz CT molecular complexity index is 406. The third-order valence-corrected chi connectivity index (χ3v) is 2.38. The van der Waals surface area contributed by atoms with Crippen molar-refractivity contribution < 1.29 is 9.53 Å². The van der Waals surface area contributed by atoms with Gasteiger partial charge in [-0.3, -0.25) is 4.79 Å². The molecule has 1 aromatic rings. The van der Waals surface area contributed by atoms with Gasteiger partial charge in [-0.25, -0.2) is 0 Å². The molecule has 2 rings (SSSR count). The molecule has 1 aliphatic heterocycles. The van der Waals surface area contributed by atoms with Gasteiger partial charge in [0.1, 0.15) is 5.75 Å². The maximum atomic E-state index is 11.4. The Morgan fingerprint density at radius 1 is 1.56 bits per heavy atom. The minimum atomic E-state index is -0.435. The molecule has 0 aromatic heterocycles. The molecule has 1 unspecified atom stereocenters. The lowest BCUT2D eigenvalue weighted by Gasteiger charge is -2.23. The first-order chi connectivity index (χ1) is 7.70. The van der Waals surface area contributed by atoms with Crippen LogP contribution in [0.1, 0.15) is 6.92 Å². The van der Waals surface area contributed by atoms with E-state index in [0.717, 1.165) is 5.69 Å². The minimum Gasteiger partial charge on any atom is -0.479 e. The van der Waals surface area contributed by atoms with Crippen LogP contribution in [0.15, 0.2) is 18.2 Å². The molecule has 0 spiro atoms. The van der Waals surface area contributed by atoms with Crippen LogP contribution in [0.2, 0.25) is 0 Å². The van der Waals surface area contributed by atoms with Crippen LogP contribution in [0.4, 0.5) is 11.4 Å². The Balaban J connectivity index is 2.19. The van der Waals surface area contributed by atoms with Crippen molar-refractivity contribution in [1.82, 2.24) is 0 Å². The predicted octanol–water partition coefficient (Wildman–Crippen LogP) is 0.777. The first-order valence-electron chi connectivity index (χ1n) is 5.26. The molecular formula is C11H15N3O2. The van der Waals surface area contributed by atoms with Gasteiger partial charge in [-0.2, -0.15) is 0 Å². The van der Waals surface area contributed by atoms with Gasteiger partial charge in [0.15, 0.2) is 6.10 Å². The summed E-state index contributed by atoms with van der Waals surface area (Å²) in [6.07, 6.45) is -0.435. The van der Waals surface area contributed by atoms with Crippen LogP contribution >= 0.6 is 0 Å². The normalized spacial score (nSPS) is 18.4.